The molecule has 120 valence electrons. The van der Waals surface area contributed by atoms with E-state index >= 15 is 0 Å². The van der Waals surface area contributed by atoms with Crippen LogP contribution in [0.3, 0.4) is 0 Å². The first-order valence-electron chi connectivity index (χ1n) is 6.69. The second-order valence-electron chi connectivity index (χ2n) is 4.73. The lowest BCUT2D eigenvalue weighted by molar-refractivity contribution is 0.146. The van der Waals surface area contributed by atoms with E-state index in [1.165, 1.54) is 6.26 Å². The Morgan fingerprint density at radius 1 is 1.33 bits per heavy atom. The largest absolute Gasteiger partial charge is 0.490 e. The molecule has 0 radical (unpaired) electrons. The molecule has 0 fully saturated rings. The molecule has 0 aliphatic carbocycles. The molecule has 0 heterocycles. The van der Waals surface area contributed by atoms with Gasteiger partial charge in [-0.3, -0.25) is 0 Å². The number of rotatable bonds is 9. The Morgan fingerprint density at radius 2 is 2.05 bits per heavy atom. The van der Waals surface area contributed by atoms with Crippen molar-refractivity contribution in [3.8, 4) is 5.75 Å². The van der Waals surface area contributed by atoms with Gasteiger partial charge in [-0.15, -0.1) is 0 Å². The van der Waals surface area contributed by atoms with E-state index in [0.717, 1.165) is 10.0 Å². The van der Waals surface area contributed by atoms with Crippen molar-refractivity contribution in [3.63, 3.8) is 0 Å². The van der Waals surface area contributed by atoms with Crippen LogP contribution in [-0.2, 0) is 14.6 Å². The van der Waals surface area contributed by atoms with E-state index in [-0.39, 0.29) is 11.8 Å². The third kappa shape index (κ3) is 6.78. The zero-order valence-electron chi connectivity index (χ0n) is 12.6. The zero-order chi connectivity index (χ0) is 15.9. The first-order chi connectivity index (χ1) is 9.87. The first kappa shape index (κ1) is 18.4. The summed E-state index contributed by atoms with van der Waals surface area (Å²) in [5.41, 5.74) is 0.910. The number of ether oxygens (including phenoxy) is 2. The van der Waals surface area contributed by atoms with Gasteiger partial charge in [-0.05, 0) is 40.2 Å². The van der Waals surface area contributed by atoms with Crippen molar-refractivity contribution in [2.24, 2.45) is 0 Å². The maximum atomic E-state index is 11.5. The average molecular weight is 380 g/mol. The van der Waals surface area contributed by atoms with Crippen LogP contribution < -0.4 is 10.1 Å². The lowest BCUT2D eigenvalue weighted by atomic mass is 10.1. The molecule has 0 bridgehead atoms. The summed E-state index contributed by atoms with van der Waals surface area (Å²) in [6.07, 6.45) is 1.24. The van der Waals surface area contributed by atoms with Gasteiger partial charge in [0.25, 0.3) is 0 Å². The molecule has 1 unspecified atom stereocenters. The third-order valence-electron chi connectivity index (χ3n) is 2.82. The fourth-order valence-electron chi connectivity index (χ4n) is 1.91. The molecule has 0 saturated carbocycles. The lowest BCUT2D eigenvalue weighted by Crippen LogP contribution is -2.27. The van der Waals surface area contributed by atoms with Gasteiger partial charge in [-0.25, -0.2) is 8.42 Å². The molecule has 1 N–H and O–H groups in total. The van der Waals surface area contributed by atoms with Gasteiger partial charge >= 0.3 is 0 Å². The minimum Gasteiger partial charge on any atom is -0.490 e. The van der Waals surface area contributed by atoms with Crippen molar-refractivity contribution in [1.82, 2.24) is 5.32 Å². The Balaban J connectivity index is 2.87. The predicted octanol–water partition coefficient (Wildman–Crippen LogP) is 2.17. The number of nitrogens with one attached hydrogen (secondary N) is 1. The number of hydrogen-bond donors (Lipinski definition) is 1. The van der Waals surface area contributed by atoms with Gasteiger partial charge in [-0.2, -0.15) is 0 Å². The molecule has 7 heteroatoms. The molecule has 1 aromatic rings. The van der Waals surface area contributed by atoms with Crippen molar-refractivity contribution in [2.75, 3.05) is 38.9 Å². The summed E-state index contributed by atoms with van der Waals surface area (Å²) in [5, 5.41) is 3.19. The van der Waals surface area contributed by atoms with Crippen molar-refractivity contribution < 1.29 is 17.9 Å². The van der Waals surface area contributed by atoms with Crippen LogP contribution in [0.4, 0.5) is 0 Å². The van der Waals surface area contributed by atoms with E-state index < -0.39 is 9.84 Å². The van der Waals surface area contributed by atoms with E-state index in [4.69, 9.17) is 9.47 Å². The highest BCUT2D eigenvalue weighted by atomic mass is 79.9. The Labute approximate surface area is 135 Å². The smallest absolute Gasteiger partial charge is 0.149 e. The normalized spacial score (nSPS) is 13.1. The van der Waals surface area contributed by atoms with E-state index in [0.29, 0.717) is 25.5 Å². The van der Waals surface area contributed by atoms with Crippen molar-refractivity contribution >= 4 is 25.8 Å². The fourth-order valence-corrected chi connectivity index (χ4v) is 3.33. The molecule has 1 atom stereocenters. The van der Waals surface area contributed by atoms with Crippen LogP contribution in [-0.4, -0.2) is 47.3 Å². The summed E-state index contributed by atoms with van der Waals surface area (Å²) in [5.74, 6) is 0.780. The summed E-state index contributed by atoms with van der Waals surface area (Å²) in [6.45, 7) is 3.63. The molecule has 5 nitrogen and oxygen atoms in total. The molecule has 0 amide bonds. The van der Waals surface area contributed by atoms with Crippen LogP contribution in [0.1, 0.15) is 18.5 Å². The van der Waals surface area contributed by atoms with Gasteiger partial charge in [0.15, 0.2) is 0 Å². The molecular weight excluding hydrogens is 358 g/mol. The Bertz CT molecular complexity index is 548. The molecule has 1 aromatic carbocycles. The predicted molar refractivity (Wildman–Crippen MR) is 87.6 cm³/mol. The van der Waals surface area contributed by atoms with Crippen molar-refractivity contribution in [3.05, 3.63) is 28.2 Å². The summed E-state index contributed by atoms with van der Waals surface area (Å²) in [4.78, 5) is 0. The van der Waals surface area contributed by atoms with E-state index in [1.54, 1.807) is 7.11 Å². The Hall–Kier alpha value is -0.630. The second-order valence-corrected chi connectivity index (χ2v) is 7.77. The summed E-state index contributed by atoms with van der Waals surface area (Å²) < 4.78 is 34.3. The number of benzene rings is 1. The van der Waals surface area contributed by atoms with Crippen LogP contribution in [0.15, 0.2) is 22.7 Å². The Kier molecular flexibility index (Phi) is 7.65. The maximum Gasteiger partial charge on any atom is 0.149 e. The zero-order valence-corrected chi connectivity index (χ0v) is 15.0. The summed E-state index contributed by atoms with van der Waals surface area (Å²) in [7, 11) is -1.44. The van der Waals surface area contributed by atoms with Crippen molar-refractivity contribution in [1.29, 1.82) is 0 Å². The van der Waals surface area contributed by atoms with Crippen LogP contribution in [0.25, 0.3) is 0 Å². The van der Waals surface area contributed by atoms with Crippen LogP contribution in [0.2, 0.25) is 0 Å². The quantitative estimate of drug-likeness (QED) is 0.666. The highest BCUT2D eigenvalue weighted by Crippen LogP contribution is 2.29. The van der Waals surface area contributed by atoms with Gasteiger partial charge in [0.2, 0.25) is 0 Å². The topological polar surface area (TPSA) is 64.6 Å². The van der Waals surface area contributed by atoms with Gasteiger partial charge in [0, 0.05) is 19.4 Å². The van der Waals surface area contributed by atoms with Gasteiger partial charge in [-0.1, -0.05) is 13.0 Å². The highest BCUT2D eigenvalue weighted by molar-refractivity contribution is 9.10. The number of sulfone groups is 1. The monoisotopic (exact) mass is 379 g/mol. The minimum atomic E-state index is -3.06. The van der Waals surface area contributed by atoms with E-state index in [1.807, 2.05) is 25.1 Å². The molecule has 0 aliphatic heterocycles. The van der Waals surface area contributed by atoms with E-state index in [9.17, 15) is 8.42 Å². The number of methoxy groups -OCH3 is 1. The fraction of sp³-hybridized carbons (Fsp3) is 0.571. The molecule has 21 heavy (non-hydrogen) atoms. The number of halogens is 1. The van der Waals surface area contributed by atoms with Gasteiger partial charge in [0.1, 0.15) is 22.2 Å². The molecule has 0 aromatic heterocycles. The maximum absolute atomic E-state index is 11.5. The lowest BCUT2D eigenvalue weighted by Gasteiger charge is -2.18. The molecule has 0 saturated heterocycles. The highest BCUT2D eigenvalue weighted by Gasteiger charge is 2.17. The van der Waals surface area contributed by atoms with Crippen LogP contribution >= 0.6 is 15.9 Å². The van der Waals surface area contributed by atoms with Gasteiger partial charge < -0.3 is 14.8 Å². The SMILES string of the molecule is CCNC(CS(C)(=O)=O)c1ccc(OCCOC)c(Br)c1. The molecule has 1 rings (SSSR count). The molecule has 0 spiro atoms. The summed E-state index contributed by atoms with van der Waals surface area (Å²) >= 11 is 3.46. The Morgan fingerprint density at radius 3 is 2.57 bits per heavy atom. The standard InChI is InChI=1S/C14H22BrNO4S/c1-4-16-13(10-21(3,17)18)11-5-6-14(12(15)9-11)20-8-7-19-2/h5-6,9,13,16H,4,7-8,10H2,1-3H3. The van der Waals surface area contributed by atoms with E-state index in [2.05, 4.69) is 21.2 Å². The van der Waals surface area contributed by atoms with Crippen molar-refractivity contribution in [2.45, 2.75) is 13.0 Å². The van der Waals surface area contributed by atoms with Gasteiger partial charge in [0.05, 0.1) is 16.8 Å². The van der Waals surface area contributed by atoms with Crippen LogP contribution in [0.5, 0.6) is 5.75 Å². The third-order valence-corrected chi connectivity index (χ3v) is 4.38. The minimum absolute atomic E-state index is 0.0666. The number of hydrogen-bond acceptors (Lipinski definition) is 5. The summed E-state index contributed by atoms with van der Waals surface area (Å²) in [6, 6.07) is 5.38. The first-order valence-corrected chi connectivity index (χ1v) is 9.55. The van der Waals surface area contributed by atoms with Crippen LogP contribution in [0, 0.1) is 0 Å². The molecular formula is C14H22BrNO4S. The average Bonchev–Trinajstić information content (AvgIpc) is 2.39. The molecule has 0 aliphatic rings. The second kappa shape index (κ2) is 8.73.